The summed E-state index contributed by atoms with van der Waals surface area (Å²) in [6.07, 6.45) is 5.99. The van der Waals surface area contributed by atoms with Crippen molar-refractivity contribution < 1.29 is 4.74 Å². The van der Waals surface area contributed by atoms with E-state index in [1.807, 2.05) is 12.1 Å². The van der Waals surface area contributed by atoms with E-state index in [1.54, 1.807) is 12.4 Å². The highest BCUT2D eigenvalue weighted by molar-refractivity contribution is 5.42. The summed E-state index contributed by atoms with van der Waals surface area (Å²) in [5.74, 6) is 6.62. The Bertz CT molecular complexity index is 544. The lowest BCUT2D eigenvalue weighted by Crippen LogP contribution is -2.29. The Kier molecular flexibility index (Phi) is 2.92. The number of benzene rings is 1. The molecule has 1 aliphatic rings. The summed E-state index contributed by atoms with van der Waals surface area (Å²) in [6.45, 7) is 0.758. The third kappa shape index (κ3) is 1.94. The maximum Gasteiger partial charge on any atom is 0.122 e. The van der Waals surface area contributed by atoms with Crippen LogP contribution in [0.5, 0.6) is 5.75 Å². The fraction of sp³-hybridized carbons (Fsp3) is 0.231. The highest BCUT2D eigenvalue weighted by Crippen LogP contribution is 2.29. The van der Waals surface area contributed by atoms with E-state index < -0.39 is 0 Å². The highest BCUT2D eigenvalue weighted by atomic mass is 16.5. The Morgan fingerprint density at radius 2 is 2.06 bits per heavy atom. The lowest BCUT2D eigenvalue weighted by atomic mass is 9.99. The molecule has 3 rings (SSSR count). The molecule has 1 aliphatic heterocycles. The molecule has 0 bridgehead atoms. The number of ether oxygens (including phenoxy) is 1. The van der Waals surface area contributed by atoms with Crippen LogP contribution in [-0.4, -0.2) is 16.6 Å². The standard InChI is InChI=1S/C13H14N4O/c14-17-13(11-6-15-8-16-7-11)10-1-2-12-9(5-10)3-4-18-12/h1-2,5-8,13,17H,3-4,14H2. The van der Waals surface area contributed by atoms with Crippen LogP contribution in [0.15, 0.2) is 36.9 Å². The monoisotopic (exact) mass is 242 g/mol. The van der Waals surface area contributed by atoms with Crippen molar-refractivity contribution >= 4 is 0 Å². The van der Waals surface area contributed by atoms with Gasteiger partial charge in [0.2, 0.25) is 0 Å². The molecule has 2 aromatic rings. The van der Waals surface area contributed by atoms with Crippen LogP contribution in [0.2, 0.25) is 0 Å². The summed E-state index contributed by atoms with van der Waals surface area (Å²) in [7, 11) is 0. The zero-order valence-electron chi connectivity index (χ0n) is 9.84. The number of hydrazine groups is 1. The Morgan fingerprint density at radius 1 is 1.22 bits per heavy atom. The number of hydrogen-bond acceptors (Lipinski definition) is 5. The van der Waals surface area contributed by atoms with Gasteiger partial charge < -0.3 is 4.74 Å². The first kappa shape index (κ1) is 11.1. The molecule has 1 unspecified atom stereocenters. The maximum absolute atomic E-state index is 5.65. The van der Waals surface area contributed by atoms with Crippen LogP contribution in [0.25, 0.3) is 0 Å². The fourth-order valence-electron chi connectivity index (χ4n) is 2.23. The molecule has 1 atom stereocenters. The molecule has 0 spiro atoms. The molecule has 92 valence electrons. The van der Waals surface area contributed by atoms with Gasteiger partial charge in [0.1, 0.15) is 12.1 Å². The normalized spacial score (nSPS) is 14.9. The van der Waals surface area contributed by atoms with E-state index in [4.69, 9.17) is 10.6 Å². The molecule has 0 radical (unpaired) electrons. The number of aromatic nitrogens is 2. The van der Waals surface area contributed by atoms with Crippen molar-refractivity contribution in [1.29, 1.82) is 0 Å². The van der Waals surface area contributed by atoms with Gasteiger partial charge in [-0.3, -0.25) is 5.84 Å². The predicted octanol–water partition coefficient (Wildman–Crippen LogP) is 0.964. The summed E-state index contributed by atoms with van der Waals surface area (Å²) < 4.78 is 5.50. The molecule has 18 heavy (non-hydrogen) atoms. The maximum atomic E-state index is 5.65. The third-order valence-corrected chi connectivity index (χ3v) is 3.13. The van der Waals surface area contributed by atoms with E-state index in [2.05, 4.69) is 21.5 Å². The first-order valence-electron chi connectivity index (χ1n) is 5.85. The largest absolute Gasteiger partial charge is 0.493 e. The Morgan fingerprint density at radius 3 is 2.83 bits per heavy atom. The zero-order chi connectivity index (χ0) is 12.4. The van der Waals surface area contributed by atoms with Gasteiger partial charge in [0.05, 0.1) is 12.6 Å². The van der Waals surface area contributed by atoms with E-state index in [1.165, 1.54) is 11.9 Å². The highest BCUT2D eigenvalue weighted by Gasteiger charge is 2.17. The van der Waals surface area contributed by atoms with Crippen LogP contribution in [0.4, 0.5) is 0 Å². The molecule has 5 nitrogen and oxygen atoms in total. The van der Waals surface area contributed by atoms with Crippen LogP contribution in [0, 0.1) is 0 Å². The molecular formula is C13H14N4O. The molecule has 0 aliphatic carbocycles. The van der Waals surface area contributed by atoms with Gasteiger partial charge in [0.15, 0.2) is 0 Å². The minimum Gasteiger partial charge on any atom is -0.493 e. The fourth-order valence-corrected chi connectivity index (χ4v) is 2.23. The molecule has 0 fully saturated rings. The van der Waals surface area contributed by atoms with Crippen LogP contribution in [0.1, 0.15) is 22.7 Å². The lowest BCUT2D eigenvalue weighted by Gasteiger charge is -2.16. The molecule has 1 aromatic carbocycles. The van der Waals surface area contributed by atoms with Crippen molar-refractivity contribution in [1.82, 2.24) is 15.4 Å². The van der Waals surface area contributed by atoms with Crippen LogP contribution in [-0.2, 0) is 6.42 Å². The SMILES string of the molecule is NNC(c1cncnc1)c1ccc2c(c1)CCO2. The second-order valence-electron chi connectivity index (χ2n) is 4.24. The van der Waals surface area contributed by atoms with E-state index in [0.29, 0.717) is 0 Å². The number of fused-ring (bicyclic) bond motifs is 1. The predicted molar refractivity (Wildman–Crippen MR) is 66.8 cm³/mol. The van der Waals surface area contributed by atoms with E-state index in [-0.39, 0.29) is 6.04 Å². The minimum absolute atomic E-state index is 0.0999. The van der Waals surface area contributed by atoms with Gasteiger partial charge in [-0.1, -0.05) is 12.1 Å². The molecule has 0 saturated carbocycles. The summed E-state index contributed by atoms with van der Waals surface area (Å²) in [5, 5.41) is 0. The second kappa shape index (κ2) is 4.72. The van der Waals surface area contributed by atoms with Crippen molar-refractivity contribution in [2.45, 2.75) is 12.5 Å². The smallest absolute Gasteiger partial charge is 0.122 e. The average molecular weight is 242 g/mol. The zero-order valence-corrected chi connectivity index (χ0v) is 9.84. The van der Waals surface area contributed by atoms with Crippen LogP contribution in [0.3, 0.4) is 0 Å². The molecule has 5 heteroatoms. The molecule has 0 saturated heterocycles. The van der Waals surface area contributed by atoms with Crippen molar-refractivity contribution in [3.63, 3.8) is 0 Å². The third-order valence-electron chi connectivity index (χ3n) is 3.13. The van der Waals surface area contributed by atoms with Crippen LogP contribution < -0.4 is 16.0 Å². The molecule has 0 amide bonds. The van der Waals surface area contributed by atoms with E-state index in [9.17, 15) is 0 Å². The van der Waals surface area contributed by atoms with Gasteiger partial charge in [-0.15, -0.1) is 0 Å². The number of hydrogen-bond donors (Lipinski definition) is 2. The number of nitrogens with one attached hydrogen (secondary N) is 1. The van der Waals surface area contributed by atoms with Crippen molar-refractivity contribution in [2.24, 2.45) is 5.84 Å². The van der Waals surface area contributed by atoms with Gasteiger partial charge in [0.25, 0.3) is 0 Å². The Balaban J connectivity index is 1.97. The summed E-state index contributed by atoms with van der Waals surface area (Å²) in [4.78, 5) is 8.04. The Hall–Kier alpha value is -1.98. The quantitative estimate of drug-likeness (QED) is 0.619. The van der Waals surface area contributed by atoms with Gasteiger partial charge >= 0.3 is 0 Å². The molecule has 1 aromatic heterocycles. The first-order valence-corrected chi connectivity index (χ1v) is 5.85. The first-order chi connectivity index (χ1) is 8.88. The van der Waals surface area contributed by atoms with Crippen molar-refractivity contribution in [2.75, 3.05) is 6.61 Å². The summed E-state index contributed by atoms with van der Waals surface area (Å²) in [5.41, 5.74) is 6.07. The van der Waals surface area contributed by atoms with Gasteiger partial charge in [-0.25, -0.2) is 15.4 Å². The van der Waals surface area contributed by atoms with Gasteiger partial charge in [-0.05, 0) is 17.2 Å². The minimum atomic E-state index is -0.0999. The molecule has 3 N–H and O–H groups in total. The van der Waals surface area contributed by atoms with E-state index in [0.717, 1.165) is 29.9 Å². The van der Waals surface area contributed by atoms with Crippen molar-refractivity contribution in [3.05, 3.63) is 53.6 Å². The van der Waals surface area contributed by atoms with Crippen LogP contribution >= 0.6 is 0 Å². The van der Waals surface area contributed by atoms with Gasteiger partial charge in [-0.2, -0.15) is 0 Å². The summed E-state index contributed by atoms with van der Waals surface area (Å²) >= 11 is 0. The topological polar surface area (TPSA) is 73.1 Å². The number of nitrogens with two attached hydrogens (primary N) is 1. The number of rotatable bonds is 3. The van der Waals surface area contributed by atoms with E-state index >= 15 is 0 Å². The second-order valence-corrected chi connectivity index (χ2v) is 4.24. The lowest BCUT2D eigenvalue weighted by molar-refractivity contribution is 0.357. The van der Waals surface area contributed by atoms with Crippen molar-refractivity contribution in [3.8, 4) is 5.75 Å². The summed E-state index contributed by atoms with van der Waals surface area (Å²) in [6, 6.07) is 6.03. The number of nitrogens with zero attached hydrogens (tertiary/aromatic N) is 2. The molecular weight excluding hydrogens is 228 g/mol. The average Bonchev–Trinajstić information content (AvgIpc) is 2.88. The van der Waals surface area contributed by atoms with Gasteiger partial charge in [0, 0.05) is 24.4 Å². The molecule has 2 heterocycles. The Labute approximate surface area is 105 Å².